The molecule has 3 aromatic rings. The lowest BCUT2D eigenvalue weighted by Crippen LogP contribution is -2.56. The van der Waals surface area contributed by atoms with E-state index in [4.69, 9.17) is 11.6 Å². The number of nitrogens with one attached hydrogen (secondary N) is 2. The molecule has 0 fully saturated rings. The Morgan fingerprint density at radius 3 is 2.13 bits per heavy atom. The number of carbonyl (C=O) groups is 2. The predicted molar refractivity (Wildman–Crippen MR) is 125 cm³/mol. The van der Waals surface area contributed by atoms with E-state index in [-0.39, 0.29) is 5.91 Å². The number of hydrazine groups is 1. The van der Waals surface area contributed by atoms with Crippen molar-refractivity contribution in [3.05, 3.63) is 82.6 Å². The molecule has 0 bridgehead atoms. The molecule has 0 unspecified atom stereocenters. The highest BCUT2D eigenvalue weighted by molar-refractivity contribution is 6.33. The summed E-state index contributed by atoms with van der Waals surface area (Å²) in [5.41, 5.74) is 5.99. The van der Waals surface area contributed by atoms with E-state index in [9.17, 15) is 9.59 Å². The van der Waals surface area contributed by atoms with Crippen molar-refractivity contribution in [1.29, 1.82) is 0 Å². The van der Waals surface area contributed by atoms with E-state index in [2.05, 4.69) is 15.3 Å². The summed E-state index contributed by atoms with van der Waals surface area (Å²) in [6.45, 7) is 9.56. The van der Waals surface area contributed by atoms with E-state index in [1.807, 2.05) is 65.0 Å². The summed E-state index contributed by atoms with van der Waals surface area (Å²) >= 11 is 6.33. The lowest BCUT2D eigenvalue weighted by molar-refractivity contribution is 0.0460. The van der Waals surface area contributed by atoms with Crippen LogP contribution in [0, 0.1) is 13.8 Å². The minimum atomic E-state index is -0.644. The first kappa shape index (κ1) is 22.4. The number of hydrogen-bond acceptors (Lipinski definition) is 2. The molecule has 0 aliphatic rings. The third-order valence-corrected chi connectivity index (χ3v) is 5.17. The summed E-state index contributed by atoms with van der Waals surface area (Å²) < 4.78 is 2.07. The van der Waals surface area contributed by atoms with Crippen LogP contribution < -0.4 is 10.7 Å². The molecular formula is C24H27ClN4O2. The van der Waals surface area contributed by atoms with E-state index in [1.54, 1.807) is 30.3 Å². The highest BCUT2D eigenvalue weighted by Crippen LogP contribution is 2.27. The maximum absolute atomic E-state index is 13.0. The van der Waals surface area contributed by atoms with Gasteiger partial charge >= 0.3 is 6.03 Å². The predicted octanol–water partition coefficient (Wildman–Crippen LogP) is 5.72. The van der Waals surface area contributed by atoms with Gasteiger partial charge in [0.05, 0.1) is 16.2 Å². The smallest absolute Gasteiger partial charge is 0.318 e. The van der Waals surface area contributed by atoms with Crippen LogP contribution in [0.1, 0.15) is 42.5 Å². The number of benzene rings is 2. The molecule has 162 valence electrons. The highest BCUT2D eigenvalue weighted by atomic mass is 35.5. The van der Waals surface area contributed by atoms with Gasteiger partial charge < -0.3 is 9.88 Å². The second kappa shape index (κ2) is 8.86. The Labute approximate surface area is 187 Å². The summed E-state index contributed by atoms with van der Waals surface area (Å²) in [6, 6.07) is 17.8. The fraction of sp³-hybridized carbons (Fsp3) is 0.250. The fourth-order valence-corrected chi connectivity index (χ4v) is 3.47. The van der Waals surface area contributed by atoms with Crippen LogP contribution in [-0.2, 0) is 0 Å². The van der Waals surface area contributed by atoms with E-state index in [1.165, 1.54) is 5.01 Å². The van der Waals surface area contributed by atoms with Gasteiger partial charge in [-0.3, -0.25) is 4.79 Å². The van der Waals surface area contributed by atoms with Crippen molar-refractivity contribution in [1.82, 2.24) is 15.0 Å². The van der Waals surface area contributed by atoms with Crippen LogP contribution in [0.4, 0.5) is 10.5 Å². The Morgan fingerprint density at radius 1 is 0.935 bits per heavy atom. The number of nitrogens with zero attached hydrogens (tertiary/aromatic N) is 2. The molecule has 3 rings (SSSR count). The standard InChI is InChI=1S/C24H27ClN4O2/c1-16-11-12-17(2)28(16)19-13-14-20(25)21(15-19)26-23(31)27-29(24(3,4)5)22(30)18-9-7-6-8-10-18/h6-15H,1-5H3,(H2,26,27,31). The molecule has 0 atom stereocenters. The average molecular weight is 439 g/mol. The van der Waals surface area contributed by atoms with Crippen LogP contribution in [0.3, 0.4) is 0 Å². The van der Waals surface area contributed by atoms with E-state index in [0.29, 0.717) is 16.3 Å². The molecule has 6 nitrogen and oxygen atoms in total. The Bertz CT molecular complexity index is 1080. The van der Waals surface area contributed by atoms with Crippen molar-refractivity contribution in [2.75, 3.05) is 5.32 Å². The first-order chi connectivity index (χ1) is 14.6. The quantitative estimate of drug-likeness (QED) is 0.513. The number of halogens is 1. The van der Waals surface area contributed by atoms with Crippen LogP contribution in [0.2, 0.25) is 5.02 Å². The molecule has 1 heterocycles. The van der Waals surface area contributed by atoms with Crippen molar-refractivity contribution in [2.45, 2.75) is 40.2 Å². The first-order valence-corrected chi connectivity index (χ1v) is 10.4. The zero-order valence-electron chi connectivity index (χ0n) is 18.4. The van der Waals surface area contributed by atoms with Crippen LogP contribution >= 0.6 is 11.6 Å². The summed E-state index contributed by atoms with van der Waals surface area (Å²) in [7, 11) is 0. The highest BCUT2D eigenvalue weighted by Gasteiger charge is 2.29. The summed E-state index contributed by atoms with van der Waals surface area (Å²) in [4.78, 5) is 25.8. The molecule has 7 heteroatoms. The molecule has 0 aliphatic heterocycles. The van der Waals surface area contributed by atoms with Gasteiger partial charge in [0.25, 0.3) is 5.91 Å². The first-order valence-electron chi connectivity index (χ1n) is 10.00. The number of aryl methyl sites for hydroxylation is 2. The lowest BCUT2D eigenvalue weighted by atomic mass is 10.1. The second-order valence-corrected chi connectivity index (χ2v) is 8.77. The zero-order valence-corrected chi connectivity index (χ0v) is 19.1. The minimum Gasteiger partial charge on any atom is -0.318 e. The van der Waals surface area contributed by atoms with E-state index in [0.717, 1.165) is 17.1 Å². The zero-order chi connectivity index (χ0) is 22.8. The van der Waals surface area contributed by atoms with Crippen molar-refractivity contribution in [3.63, 3.8) is 0 Å². The van der Waals surface area contributed by atoms with Crippen molar-refractivity contribution in [3.8, 4) is 5.69 Å². The molecule has 0 saturated carbocycles. The number of aromatic nitrogens is 1. The van der Waals surface area contributed by atoms with Crippen molar-refractivity contribution >= 4 is 29.2 Å². The van der Waals surface area contributed by atoms with E-state index < -0.39 is 11.6 Å². The van der Waals surface area contributed by atoms with Gasteiger partial charge in [-0.1, -0.05) is 29.8 Å². The maximum Gasteiger partial charge on any atom is 0.338 e. The molecule has 31 heavy (non-hydrogen) atoms. The molecule has 0 spiro atoms. The number of rotatable bonds is 3. The normalized spacial score (nSPS) is 11.2. The van der Waals surface area contributed by atoms with Crippen LogP contribution in [0.5, 0.6) is 0 Å². The largest absolute Gasteiger partial charge is 0.338 e. The van der Waals surface area contributed by atoms with Gasteiger partial charge in [-0.25, -0.2) is 15.2 Å². The van der Waals surface area contributed by atoms with Gasteiger partial charge in [-0.05, 0) is 77.1 Å². The molecule has 0 radical (unpaired) electrons. The molecule has 1 aromatic heterocycles. The topological polar surface area (TPSA) is 66.4 Å². The van der Waals surface area contributed by atoms with Gasteiger partial charge in [0.1, 0.15) is 0 Å². The number of urea groups is 1. The van der Waals surface area contributed by atoms with Gasteiger partial charge in [0.15, 0.2) is 0 Å². The summed E-state index contributed by atoms with van der Waals surface area (Å²) in [6.07, 6.45) is 0. The SMILES string of the molecule is Cc1ccc(C)n1-c1ccc(Cl)c(NC(=O)NN(C(=O)c2ccccc2)C(C)(C)C)c1. The van der Waals surface area contributed by atoms with Crippen LogP contribution in [0.15, 0.2) is 60.7 Å². The molecule has 2 N–H and O–H groups in total. The van der Waals surface area contributed by atoms with Crippen LogP contribution in [-0.4, -0.2) is 27.1 Å². The Balaban J connectivity index is 1.83. The Morgan fingerprint density at radius 2 is 1.55 bits per heavy atom. The molecule has 3 amide bonds. The average Bonchev–Trinajstić information content (AvgIpc) is 3.05. The number of anilines is 1. The number of amides is 3. The van der Waals surface area contributed by atoms with Crippen molar-refractivity contribution in [2.24, 2.45) is 0 Å². The number of carbonyl (C=O) groups excluding carboxylic acids is 2. The fourth-order valence-electron chi connectivity index (χ4n) is 3.31. The van der Waals surface area contributed by atoms with Gasteiger partial charge in [0.2, 0.25) is 0 Å². The second-order valence-electron chi connectivity index (χ2n) is 8.36. The Kier molecular flexibility index (Phi) is 6.41. The van der Waals surface area contributed by atoms with Crippen LogP contribution in [0.25, 0.3) is 5.69 Å². The Hall–Kier alpha value is -3.25. The lowest BCUT2D eigenvalue weighted by Gasteiger charge is -2.35. The van der Waals surface area contributed by atoms with E-state index >= 15 is 0 Å². The van der Waals surface area contributed by atoms with Gasteiger partial charge in [0, 0.05) is 22.6 Å². The van der Waals surface area contributed by atoms with Crippen molar-refractivity contribution < 1.29 is 9.59 Å². The molecular weight excluding hydrogens is 412 g/mol. The molecule has 0 aliphatic carbocycles. The van der Waals surface area contributed by atoms with Gasteiger partial charge in [-0.15, -0.1) is 0 Å². The van der Waals surface area contributed by atoms with Gasteiger partial charge in [-0.2, -0.15) is 0 Å². The third kappa shape index (κ3) is 5.09. The maximum atomic E-state index is 13.0. The molecule has 0 saturated heterocycles. The monoisotopic (exact) mass is 438 g/mol. The number of hydrogen-bond donors (Lipinski definition) is 2. The minimum absolute atomic E-state index is 0.304. The third-order valence-electron chi connectivity index (χ3n) is 4.84. The summed E-state index contributed by atoms with van der Waals surface area (Å²) in [5, 5.41) is 4.49. The summed E-state index contributed by atoms with van der Waals surface area (Å²) in [5.74, 6) is -0.304. The molecule has 2 aromatic carbocycles.